The van der Waals surface area contributed by atoms with Crippen molar-refractivity contribution < 1.29 is 117 Å². The van der Waals surface area contributed by atoms with E-state index in [1.165, 1.54) is 11.1 Å². The first kappa shape index (κ1) is 112. The number of rotatable bonds is 60. The fourth-order valence-electron chi connectivity index (χ4n) is 13.6. The number of benzene rings is 1. The first-order valence-corrected chi connectivity index (χ1v) is 43.0. The predicted octanol–water partition coefficient (Wildman–Crippen LogP) is -9.26. The summed E-state index contributed by atoms with van der Waals surface area (Å²) in [5.74, 6) is -25.4. The van der Waals surface area contributed by atoms with Crippen LogP contribution in [-0.4, -0.2) is 301 Å². The van der Waals surface area contributed by atoms with Crippen molar-refractivity contribution >= 4 is 154 Å². The Kier molecular flexibility index (Phi) is 48.0. The number of para-hydroxylation sites is 1. The standard InChI is InChI=1S/C79H129N27O24S/c1-36(2)28-49(68(121)101-52(29-37(3)4)75(128)106-27-13-19-55(106)72(125)104-60(38(5)6)73(126)102-53(34-107)76(129)130)98-66(119)48(21-23-58(111)112)97-71(124)54(35-131)103-74(127)61(39(7)108)105-67(120)47(20-22-56(81)109)96-70(123)51(32-57(82)110)100-69(122)50(30-40-33-92-43-15-9-8-14-41(40)43)99-65(118)46(18-12-26-91-79(87)88)95-64(117)45(17-11-25-90-78(85)86)94-63(116)44(16-10-24-89-77(83)84)93-62(115)42(80)31-59(113)114/h8-9,14-15,33,36-39,42,44-55,60-61,92,107-108,131H,10-13,16-32,34-35,80H2,1-7H3,(H2,81,109)(H2,82,110)(H,93,115)(H,94,116)(H,95,117)(H,96,123)(H,97,124)(H,98,119)(H,99,118)(H,100,122)(H,101,121)(H,102,126)(H,103,127)(H,104,125)(H,105,120)(H,111,112)(H,113,114)(H,129,130)(H4,83,84,89)(H4,85,86,90)(H4,87,88,91)/t39-,42+,44+,45+,46+,47+,48+,49+,50+,51+,52+,53+,54+,55+,60+,61+/m1/s1. The summed E-state index contributed by atoms with van der Waals surface area (Å²) >= 11 is 4.21. The number of guanidine groups is 3. The number of nitrogens with zero attached hydrogens (tertiary/aromatic N) is 1. The number of primary amides is 2. The number of hydrogen-bond donors (Lipinski definition) is 32. The van der Waals surface area contributed by atoms with Crippen molar-refractivity contribution in [2.24, 2.45) is 52.2 Å². The van der Waals surface area contributed by atoms with Gasteiger partial charge in [0.1, 0.15) is 84.6 Å². The van der Waals surface area contributed by atoms with E-state index in [4.69, 9.17) is 50.6 Å². The summed E-state index contributed by atoms with van der Waals surface area (Å²) in [6.07, 6.45) is -6.19. The van der Waals surface area contributed by atoms with E-state index in [0.29, 0.717) is 22.9 Å². The highest BCUT2D eigenvalue weighted by Gasteiger charge is 2.43. The summed E-state index contributed by atoms with van der Waals surface area (Å²) in [6.45, 7) is 9.89. The molecule has 0 spiro atoms. The number of carbonyl (C=O) groups excluding carboxylic acids is 16. The van der Waals surface area contributed by atoms with E-state index in [1.54, 1.807) is 65.8 Å². The molecule has 1 aromatic carbocycles. The molecule has 0 radical (unpaired) electrons. The quantitative estimate of drug-likeness (QED) is 0.0127. The zero-order valence-electron chi connectivity index (χ0n) is 74.0. The van der Waals surface area contributed by atoms with E-state index in [-0.39, 0.29) is 95.8 Å². The van der Waals surface area contributed by atoms with Crippen LogP contribution in [0.2, 0.25) is 0 Å². The number of H-pyrrole nitrogens is 1. The van der Waals surface area contributed by atoms with E-state index in [2.05, 4.69) is 103 Å². The molecular formula is C79H129N27O24S. The molecule has 730 valence electrons. The third-order valence-electron chi connectivity index (χ3n) is 20.4. The van der Waals surface area contributed by atoms with Crippen molar-refractivity contribution in [3.05, 3.63) is 36.0 Å². The number of fused-ring (bicyclic) bond motifs is 1. The van der Waals surface area contributed by atoms with Gasteiger partial charge < -0.3 is 155 Å². The lowest BCUT2D eigenvalue weighted by atomic mass is 9.99. The first-order valence-electron chi connectivity index (χ1n) is 42.4. The molecule has 37 N–H and O–H groups in total. The zero-order chi connectivity index (χ0) is 98.8. The predicted molar refractivity (Wildman–Crippen MR) is 473 cm³/mol. The SMILES string of the molecule is CC(C)C[C@H](NC(=O)[C@H](CCC(=O)O)NC(=O)[C@H](CS)NC(=O)[C@@H](NC(=O)[C@H](CCC(N)=O)NC(=O)[C@H](CC(N)=O)NC(=O)[C@H](Cc1c[nH]c2ccccc12)NC(=O)[C@H](CCCNC(=N)N)NC(=O)[C@H](CCCNC(=N)N)NC(=O)[C@H](CCCNC(=N)N)NC(=O)[C@@H](N)CC(=O)O)[C@@H](C)O)C(=O)N[C@@H](CC(C)C)C(=O)N1CCC[C@H]1C(=O)N[C@H](C(=O)N[C@@H](CO)C(=O)O)C(C)C. The molecule has 51 nitrogen and oxygen atoms in total. The lowest BCUT2D eigenvalue weighted by Crippen LogP contribution is -2.62. The van der Waals surface area contributed by atoms with E-state index in [9.17, 15) is 107 Å². The van der Waals surface area contributed by atoms with Crippen LogP contribution in [0.15, 0.2) is 30.5 Å². The van der Waals surface area contributed by atoms with Gasteiger partial charge in [0, 0.05) is 68.3 Å². The summed E-state index contributed by atoms with van der Waals surface area (Å²) in [5, 5.41) is 112. The van der Waals surface area contributed by atoms with Gasteiger partial charge in [-0.25, -0.2) is 4.79 Å². The molecule has 1 aliphatic rings. The van der Waals surface area contributed by atoms with Crippen molar-refractivity contribution in [3.8, 4) is 0 Å². The Labute approximate surface area is 759 Å². The molecule has 1 saturated heterocycles. The topological polar surface area (TPSA) is 865 Å². The van der Waals surface area contributed by atoms with Gasteiger partial charge in [-0.2, -0.15) is 12.6 Å². The molecule has 2 aromatic rings. The van der Waals surface area contributed by atoms with Crippen LogP contribution >= 0.6 is 12.6 Å². The van der Waals surface area contributed by atoms with Gasteiger partial charge in [0.25, 0.3) is 0 Å². The molecule has 16 amide bonds. The lowest BCUT2D eigenvalue weighted by molar-refractivity contribution is -0.144. The fraction of sp³-hybridized carbons (Fsp3) is 0.620. The number of aliphatic carboxylic acids is 3. The molecule has 0 saturated carbocycles. The second kappa shape index (κ2) is 56.2. The third kappa shape index (κ3) is 40.1. The number of aliphatic hydroxyl groups is 2. The van der Waals surface area contributed by atoms with Gasteiger partial charge in [-0.3, -0.25) is 103 Å². The van der Waals surface area contributed by atoms with E-state index >= 15 is 9.59 Å². The number of aliphatic hydroxyl groups excluding tert-OH is 2. The molecule has 0 aliphatic carbocycles. The smallest absolute Gasteiger partial charge is 0.328 e. The largest absolute Gasteiger partial charge is 0.481 e. The number of carbonyl (C=O) groups is 19. The highest BCUT2D eigenvalue weighted by atomic mass is 32.1. The number of carboxylic acid groups (broad SMARTS) is 3. The second-order valence-corrected chi connectivity index (χ2v) is 33.0. The van der Waals surface area contributed by atoms with Gasteiger partial charge in [-0.1, -0.05) is 59.7 Å². The van der Waals surface area contributed by atoms with Crippen LogP contribution in [-0.2, 0) is 97.5 Å². The maximum absolute atomic E-state index is 15.0. The monoisotopic (exact) mass is 1870 g/mol. The van der Waals surface area contributed by atoms with Crippen LogP contribution < -0.4 is 119 Å². The Morgan fingerprint density at radius 1 is 0.466 bits per heavy atom. The van der Waals surface area contributed by atoms with E-state index in [0.717, 1.165) is 6.92 Å². The normalized spacial score (nSPS) is 15.8. The minimum atomic E-state index is -2.10. The van der Waals surface area contributed by atoms with Gasteiger partial charge in [0.2, 0.25) is 94.5 Å². The molecule has 2 heterocycles. The molecule has 1 aliphatic heterocycles. The summed E-state index contributed by atoms with van der Waals surface area (Å²) in [4.78, 5) is 265. The summed E-state index contributed by atoms with van der Waals surface area (Å²) in [7, 11) is 0. The molecule has 16 atom stereocenters. The molecule has 131 heavy (non-hydrogen) atoms. The van der Waals surface area contributed by atoms with E-state index in [1.807, 2.05) is 0 Å². The van der Waals surface area contributed by atoms with Gasteiger partial charge in [0.15, 0.2) is 17.9 Å². The van der Waals surface area contributed by atoms with Crippen molar-refractivity contribution in [2.75, 3.05) is 38.5 Å². The Hall–Kier alpha value is -13.3. The van der Waals surface area contributed by atoms with Gasteiger partial charge in [0.05, 0.1) is 31.6 Å². The Balaban J connectivity index is 2.02. The van der Waals surface area contributed by atoms with Crippen molar-refractivity contribution in [1.29, 1.82) is 16.2 Å². The highest BCUT2D eigenvalue weighted by molar-refractivity contribution is 7.80. The van der Waals surface area contributed by atoms with Gasteiger partial charge >= 0.3 is 17.9 Å². The van der Waals surface area contributed by atoms with E-state index < -0.39 is 290 Å². The Bertz CT molecular complexity index is 4360. The average molecular weight is 1870 g/mol. The molecule has 3 rings (SSSR count). The maximum Gasteiger partial charge on any atom is 0.328 e. The van der Waals surface area contributed by atoms with Crippen LogP contribution in [0.1, 0.15) is 157 Å². The summed E-state index contributed by atoms with van der Waals surface area (Å²) in [6, 6.07) is -18.5. The number of aromatic amines is 1. The maximum atomic E-state index is 15.0. The second-order valence-electron chi connectivity index (χ2n) is 32.6. The first-order chi connectivity index (χ1) is 61.5. The Morgan fingerprint density at radius 3 is 1.32 bits per heavy atom. The molecular weight excluding hydrogens is 1740 g/mol. The van der Waals surface area contributed by atoms with Gasteiger partial charge in [-0.15, -0.1) is 0 Å². The number of likely N-dealkylation sites (tertiary alicyclic amines) is 1. The molecule has 0 unspecified atom stereocenters. The number of carboxylic acids is 3. The number of hydrogen-bond acceptors (Lipinski definition) is 26. The number of nitrogens with two attached hydrogens (primary N) is 6. The zero-order valence-corrected chi connectivity index (χ0v) is 74.9. The fourth-order valence-corrected chi connectivity index (χ4v) is 13.9. The van der Waals surface area contributed by atoms with Crippen LogP contribution in [0.25, 0.3) is 10.9 Å². The number of thiol groups is 1. The summed E-state index contributed by atoms with van der Waals surface area (Å²) in [5.41, 5.74) is 34.3. The Morgan fingerprint density at radius 2 is 0.870 bits per heavy atom. The van der Waals surface area contributed by atoms with Crippen LogP contribution in [0, 0.1) is 34.0 Å². The highest BCUT2D eigenvalue weighted by Crippen LogP contribution is 2.24. The molecule has 1 fully saturated rings. The minimum absolute atomic E-state index is 0.00407. The van der Waals surface area contributed by atoms with Crippen molar-refractivity contribution in [1.82, 2.24) is 95.0 Å². The number of aromatic nitrogens is 1. The van der Waals surface area contributed by atoms with Gasteiger partial charge in [-0.05, 0) is 113 Å². The molecule has 52 heteroatoms. The van der Waals surface area contributed by atoms with Crippen LogP contribution in [0.3, 0.4) is 0 Å². The van der Waals surface area contributed by atoms with Crippen molar-refractivity contribution in [3.63, 3.8) is 0 Å². The third-order valence-corrected chi connectivity index (χ3v) is 20.7. The van der Waals surface area contributed by atoms with Crippen molar-refractivity contribution in [2.45, 2.75) is 254 Å². The summed E-state index contributed by atoms with van der Waals surface area (Å²) < 4.78 is 0. The minimum Gasteiger partial charge on any atom is -0.481 e. The average Bonchev–Trinajstić information content (AvgIpc) is 1.76. The van der Waals surface area contributed by atoms with Crippen LogP contribution in [0.5, 0.6) is 0 Å². The molecule has 0 bridgehead atoms. The molecule has 1 aromatic heterocycles. The lowest BCUT2D eigenvalue weighted by Gasteiger charge is -2.32. The number of amides is 16. The van der Waals surface area contributed by atoms with Crippen LogP contribution in [0.4, 0.5) is 0 Å². The number of nitrogens with one attached hydrogen (secondary N) is 20.